The Bertz CT molecular complexity index is 519. The third-order valence-electron chi connectivity index (χ3n) is 3.28. The number of carbonyl (C=O) groups is 3. The van der Waals surface area contributed by atoms with E-state index >= 15 is 0 Å². The van der Waals surface area contributed by atoms with Gasteiger partial charge in [0.2, 0.25) is 5.91 Å². The van der Waals surface area contributed by atoms with E-state index in [0.29, 0.717) is 0 Å². The molecule has 10 N–H and O–H groups in total. The Hall–Kier alpha value is -2.06. The Morgan fingerprint density at radius 1 is 1.27 bits per heavy atom. The second kappa shape index (κ2) is 11.5. The van der Waals surface area contributed by atoms with Crippen molar-refractivity contribution in [3.8, 4) is 0 Å². The monoisotopic (exact) mass is 394 g/mol. The molecule has 0 bridgehead atoms. The quantitative estimate of drug-likeness (QED) is 0.125. The summed E-state index contributed by atoms with van der Waals surface area (Å²) in [5.74, 6) is -2.54. The van der Waals surface area contributed by atoms with Crippen LogP contribution >= 0.6 is 12.2 Å². The Morgan fingerprint density at radius 2 is 1.85 bits per heavy atom. The van der Waals surface area contributed by atoms with E-state index in [9.17, 15) is 19.5 Å². The number of rotatable bonds is 11. The van der Waals surface area contributed by atoms with Crippen LogP contribution in [0.4, 0.5) is 0 Å². The molecule has 0 aromatic rings. The lowest BCUT2D eigenvalue weighted by atomic mass is 10.2. The van der Waals surface area contributed by atoms with E-state index in [1.165, 1.54) is 14.0 Å². The zero-order valence-electron chi connectivity index (χ0n) is 14.5. The van der Waals surface area contributed by atoms with Gasteiger partial charge in [0, 0.05) is 20.0 Å². The molecule has 0 aliphatic rings. The van der Waals surface area contributed by atoms with Crippen molar-refractivity contribution in [1.82, 2.24) is 21.1 Å². The third-order valence-corrected chi connectivity index (χ3v) is 3.51. The number of thiocarbonyl (C=S) groups is 1. The van der Waals surface area contributed by atoms with Crippen molar-refractivity contribution in [1.29, 1.82) is 0 Å². The van der Waals surface area contributed by atoms with Crippen molar-refractivity contribution in [2.24, 2.45) is 11.5 Å². The van der Waals surface area contributed by atoms with Crippen molar-refractivity contribution in [2.75, 3.05) is 20.2 Å². The maximum absolute atomic E-state index is 11.9. The lowest BCUT2D eigenvalue weighted by molar-refractivity contribution is -0.140. The van der Waals surface area contributed by atoms with Crippen molar-refractivity contribution in [3.05, 3.63) is 0 Å². The van der Waals surface area contributed by atoms with Crippen molar-refractivity contribution < 1.29 is 29.7 Å². The molecule has 0 spiro atoms. The highest BCUT2D eigenvalue weighted by molar-refractivity contribution is 7.80. The molecule has 12 nitrogen and oxygen atoms in total. The molecular weight excluding hydrogens is 368 g/mol. The first-order valence-corrected chi connectivity index (χ1v) is 8.04. The molecule has 0 aromatic carbocycles. The summed E-state index contributed by atoms with van der Waals surface area (Å²) in [7, 11) is 1.38. The average molecular weight is 394 g/mol. The summed E-state index contributed by atoms with van der Waals surface area (Å²) < 4.78 is 0. The first-order chi connectivity index (χ1) is 12.0. The van der Waals surface area contributed by atoms with Crippen LogP contribution in [0.1, 0.15) is 13.3 Å². The van der Waals surface area contributed by atoms with E-state index in [-0.39, 0.29) is 18.1 Å². The van der Waals surface area contributed by atoms with Crippen molar-refractivity contribution in [2.45, 2.75) is 37.6 Å². The first kappa shape index (κ1) is 23.9. The fraction of sp³-hybridized carbons (Fsp3) is 0.692. The Morgan fingerprint density at radius 3 is 2.27 bits per heavy atom. The number of primary amides is 1. The Labute approximate surface area is 155 Å². The van der Waals surface area contributed by atoms with Crippen LogP contribution in [0.2, 0.25) is 0 Å². The number of nitrogens with zero attached hydrogens (tertiary/aromatic N) is 1. The van der Waals surface area contributed by atoms with Gasteiger partial charge < -0.3 is 37.4 Å². The molecule has 26 heavy (non-hydrogen) atoms. The zero-order valence-corrected chi connectivity index (χ0v) is 15.3. The Balaban J connectivity index is 4.75. The summed E-state index contributed by atoms with van der Waals surface area (Å²) in [6.45, 7) is 0.693. The smallest absolute Gasteiger partial charge is 0.328 e. The highest BCUT2D eigenvalue weighted by Gasteiger charge is 2.24. The van der Waals surface area contributed by atoms with E-state index in [4.69, 9.17) is 33.9 Å². The lowest BCUT2D eigenvalue weighted by Gasteiger charge is -2.27. The van der Waals surface area contributed by atoms with Gasteiger partial charge in [0.05, 0.1) is 18.8 Å². The molecule has 0 saturated heterocycles. The summed E-state index contributed by atoms with van der Waals surface area (Å²) in [6, 6.07) is -3.12. The molecule has 0 radical (unpaired) electrons. The molecular formula is C13H26N6O6S. The number of aliphatic hydroxyl groups excluding tert-OH is 2. The number of carboxylic acid groups (broad SMARTS) is 1. The van der Waals surface area contributed by atoms with E-state index in [2.05, 4.69) is 16.1 Å². The van der Waals surface area contributed by atoms with E-state index < -0.39 is 48.6 Å². The molecule has 0 fully saturated rings. The normalized spacial score (nSPS) is 15.3. The molecule has 0 aliphatic heterocycles. The van der Waals surface area contributed by atoms with Gasteiger partial charge in [-0.25, -0.2) is 10.2 Å². The highest BCUT2D eigenvalue weighted by atomic mass is 32.1. The number of nitrogens with two attached hydrogens (primary N) is 2. The second-order valence-electron chi connectivity index (χ2n) is 5.58. The van der Waals surface area contributed by atoms with Gasteiger partial charge in [0.1, 0.15) is 12.1 Å². The van der Waals surface area contributed by atoms with Crippen LogP contribution < -0.4 is 27.5 Å². The number of carbonyl (C=O) groups excluding carboxylic acids is 2. The minimum absolute atomic E-state index is 0.0103. The fourth-order valence-electron chi connectivity index (χ4n) is 1.74. The fourth-order valence-corrected chi connectivity index (χ4v) is 2.05. The van der Waals surface area contributed by atoms with E-state index in [1.54, 1.807) is 0 Å². The molecule has 4 unspecified atom stereocenters. The maximum Gasteiger partial charge on any atom is 0.328 e. The van der Waals surface area contributed by atoms with Gasteiger partial charge in [-0.1, -0.05) is 0 Å². The van der Waals surface area contributed by atoms with Gasteiger partial charge in [-0.05, 0) is 19.1 Å². The first-order valence-electron chi connectivity index (χ1n) is 7.63. The van der Waals surface area contributed by atoms with Gasteiger partial charge in [-0.3, -0.25) is 14.6 Å². The molecule has 0 aromatic heterocycles. The van der Waals surface area contributed by atoms with Gasteiger partial charge >= 0.3 is 5.97 Å². The standard InChI is InChI=1S/C13H26N6O6S/c1-6(21)10(15)11(23)19(2)16-4-7(3-9(14)22)17-13(26)18-8(5-20)12(24)25/h6-8,10,16,20-21H,3-5,15H2,1-2H3,(H2,14,22)(H,24,25)(H2,17,18,26). The molecule has 150 valence electrons. The minimum atomic E-state index is -1.31. The number of amides is 2. The molecule has 4 atom stereocenters. The van der Waals surface area contributed by atoms with Crippen molar-refractivity contribution >= 4 is 35.1 Å². The van der Waals surface area contributed by atoms with Crippen LogP contribution in [0, 0.1) is 0 Å². The maximum atomic E-state index is 11.9. The minimum Gasteiger partial charge on any atom is -0.480 e. The molecule has 0 heterocycles. The number of hydrazine groups is 1. The van der Waals surface area contributed by atoms with E-state index in [1.807, 2.05) is 0 Å². The number of aliphatic hydroxyl groups is 2. The number of carboxylic acids is 1. The van der Waals surface area contributed by atoms with Gasteiger partial charge in [0.15, 0.2) is 5.11 Å². The molecule has 13 heteroatoms. The number of nitrogens with one attached hydrogen (secondary N) is 3. The number of likely N-dealkylation sites (N-methyl/N-ethyl adjacent to an activating group) is 1. The summed E-state index contributed by atoms with van der Waals surface area (Å²) in [6.07, 6.45) is -1.22. The summed E-state index contributed by atoms with van der Waals surface area (Å²) in [5.41, 5.74) is 13.4. The van der Waals surface area contributed by atoms with Gasteiger partial charge in [0.25, 0.3) is 5.91 Å². The summed E-state index contributed by atoms with van der Waals surface area (Å²) in [5, 5.41) is 33.2. The largest absolute Gasteiger partial charge is 0.480 e. The molecule has 0 aliphatic carbocycles. The molecule has 0 saturated carbocycles. The second-order valence-corrected chi connectivity index (χ2v) is 5.99. The van der Waals surface area contributed by atoms with Crippen LogP contribution in [0.3, 0.4) is 0 Å². The highest BCUT2D eigenvalue weighted by Crippen LogP contribution is 1.96. The summed E-state index contributed by atoms with van der Waals surface area (Å²) >= 11 is 4.94. The predicted octanol–water partition coefficient (Wildman–Crippen LogP) is -4.19. The zero-order chi connectivity index (χ0) is 20.4. The number of hydrogen-bond acceptors (Lipinski definition) is 8. The van der Waals surface area contributed by atoms with Crippen LogP contribution in [0.25, 0.3) is 0 Å². The Kier molecular flexibility index (Phi) is 10.6. The SMILES string of the molecule is CC(O)C(N)C(=O)N(C)NCC(CC(N)=O)NC(=S)NC(CO)C(=O)O. The van der Waals surface area contributed by atoms with Crippen LogP contribution in [-0.2, 0) is 14.4 Å². The van der Waals surface area contributed by atoms with Crippen molar-refractivity contribution in [3.63, 3.8) is 0 Å². The van der Waals surface area contributed by atoms with Gasteiger partial charge in [-0.2, -0.15) is 0 Å². The van der Waals surface area contributed by atoms with E-state index in [0.717, 1.165) is 5.01 Å². The van der Waals surface area contributed by atoms with Crippen LogP contribution in [0.15, 0.2) is 0 Å². The summed E-state index contributed by atoms with van der Waals surface area (Å²) in [4.78, 5) is 34.0. The van der Waals surface area contributed by atoms with Gasteiger partial charge in [-0.15, -0.1) is 0 Å². The molecule has 2 amide bonds. The number of aliphatic carboxylic acids is 1. The lowest BCUT2D eigenvalue weighted by Crippen LogP contribution is -2.57. The average Bonchev–Trinajstić information content (AvgIpc) is 2.54. The van der Waals surface area contributed by atoms with Crippen LogP contribution in [-0.4, -0.2) is 87.7 Å². The number of hydrogen-bond donors (Lipinski definition) is 8. The topological polar surface area (TPSA) is 203 Å². The third kappa shape index (κ3) is 8.87. The van der Waals surface area contributed by atoms with Crippen LogP contribution in [0.5, 0.6) is 0 Å². The molecule has 0 rings (SSSR count). The predicted molar refractivity (Wildman–Crippen MR) is 95.4 cm³/mol.